The van der Waals surface area contributed by atoms with E-state index < -0.39 is 0 Å². The highest BCUT2D eigenvalue weighted by molar-refractivity contribution is 7.11. The van der Waals surface area contributed by atoms with Crippen molar-refractivity contribution in [3.8, 4) is 5.88 Å². The Morgan fingerprint density at radius 2 is 2.17 bits per heavy atom. The summed E-state index contributed by atoms with van der Waals surface area (Å²) in [4.78, 5) is 18.3. The van der Waals surface area contributed by atoms with Crippen molar-refractivity contribution in [2.45, 2.75) is 39.2 Å². The van der Waals surface area contributed by atoms with E-state index in [-0.39, 0.29) is 5.56 Å². The molecule has 1 N–H and O–H groups in total. The molecule has 0 aromatic carbocycles. The molecule has 3 aromatic heterocycles. The topological polar surface area (TPSA) is 86.9 Å². The second-order valence-electron chi connectivity index (χ2n) is 7.47. The molecule has 3 heterocycles. The first-order valence-corrected chi connectivity index (χ1v) is 10.7. The van der Waals surface area contributed by atoms with Crippen LogP contribution in [0.2, 0.25) is 0 Å². The molecule has 2 atom stereocenters. The van der Waals surface area contributed by atoms with Crippen LogP contribution in [0.4, 0.5) is 5.69 Å². The van der Waals surface area contributed by atoms with Gasteiger partial charge in [-0.1, -0.05) is 6.92 Å². The van der Waals surface area contributed by atoms with Gasteiger partial charge in [0.1, 0.15) is 10.7 Å². The van der Waals surface area contributed by atoms with E-state index in [0.29, 0.717) is 36.6 Å². The van der Waals surface area contributed by atoms with Gasteiger partial charge in [-0.15, -0.1) is 16.4 Å². The summed E-state index contributed by atoms with van der Waals surface area (Å²) in [5, 5.41) is 12.9. The molecular weight excluding hydrogens is 388 g/mol. The Hall–Kier alpha value is -2.68. The fourth-order valence-electron chi connectivity index (χ4n) is 3.46. The minimum Gasteiger partial charge on any atom is -0.476 e. The number of nitrogens with zero attached hydrogens (tertiary/aromatic N) is 5. The van der Waals surface area contributed by atoms with Crippen molar-refractivity contribution in [2.75, 3.05) is 11.9 Å². The van der Waals surface area contributed by atoms with Gasteiger partial charge in [0.25, 0.3) is 5.56 Å². The molecule has 0 amide bonds. The van der Waals surface area contributed by atoms with Crippen molar-refractivity contribution in [2.24, 2.45) is 20.0 Å². The summed E-state index contributed by atoms with van der Waals surface area (Å²) < 4.78 is 9.03. The van der Waals surface area contributed by atoms with Crippen LogP contribution >= 0.6 is 11.3 Å². The normalized spacial score (nSPS) is 18.1. The molecular formula is C20H26N6O2S. The SMILES string of the molecule is CCc1nc(CNc2cc(OC[C@H]3C[C@@H]3c3ccn(C)n3)nn(C)c2=O)sc1C. The fraction of sp³-hybridized carbons (Fsp3) is 0.500. The first-order valence-electron chi connectivity index (χ1n) is 9.84. The summed E-state index contributed by atoms with van der Waals surface area (Å²) in [5.74, 6) is 1.33. The molecule has 29 heavy (non-hydrogen) atoms. The highest BCUT2D eigenvalue weighted by Gasteiger charge is 2.40. The maximum absolute atomic E-state index is 12.4. The van der Waals surface area contributed by atoms with Gasteiger partial charge in [0, 0.05) is 43.1 Å². The molecule has 3 aromatic rings. The molecule has 4 rings (SSSR count). The summed E-state index contributed by atoms with van der Waals surface area (Å²) in [7, 11) is 3.56. The van der Waals surface area contributed by atoms with E-state index in [4.69, 9.17) is 4.74 Å². The minimum atomic E-state index is -0.181. The number of aromatic nitrogens is 5. The molecule has 0 unspecified atom stereocenters. The Balaban J connectivity index is 1.38. The van der Waals surface area contributed by atoms with Crippen molar-refractivity contribution in [1.82, 2.24) is 24.5 Å². The number of nitrogens with one attached hydrogen (secondary N) is 1. The first-order chi connectivity index (χ1) is 13.9. The van der Waals surface area contributed by atoms with Gasteiger partial charge in [-0.3, -0.25) is 9.48 Å². The number of thiazole rings is 1. The maximum atomic E-state index is 12.4. The van der Waals surface area contributed by atoms with Crippen LogP contribution in [-0.4, -0.2) is 31.2 Å². The molecule has 154 valence electrons. The van der Waals surface area contributed by atoms with Gasteiger partial charge in [0.05, 0.1) is 24.5 Å². The van der Waals surface area contributed by atoms with Gasteiger partial charge in [-0.25, -0.2) is 9.67 Å². The lowest BCUT2D eigenvalue weighted by molar-refractivity contribution is 0.278. The summed E-state index contributed by atoms with van der Waals surface area (Å²) in [6.07, 6.45) is 3.94. The van der Waals surface area contributed by atoms with E-state index in [2.05, 4.69) is 40.4 Å². The van der Waals surface area contributed by atoms with E-state index in [1.807, 2.05) is 17.9 Å². The minimum absolute atomic E-state index is 0.181. The molecule has 0 saturated heterocycles. The van der Waals surface area contributed by atoms with Crippen molar-refractivity contribution in [3.05, 3.63) is 50.0 Å². The number of aryl methyl sites for hydroxylation is 4. The van der Waals surface area contributed by atoms with Crippen LogP contribution in [0.15, 0.2) is 23.1 Å². The quantitative estimate of drug-likeness (QED) is 0.610. The Labute approximate surface area is 173 Å². The third kappa shape index (κ3) is 4.34. The molecule has 1 aliphatic rings. The monoisotopic (exact) mass is 414 g/mol. The summed E-state index contributed by atoms with van der Waals surface area (Å²) >= 11 is 1.66. The molecule has 1 saturated carbocycles. The predicted octanol–water partition coefficient (Wildman–Crippen LogP) is 2.64. The van der Waals surface area contributed by atoms with Crippen LogP contribution in [0.3, 0.4) is 0 Å². The van der Waals surface area contributed by atoms with Crippen molar-refractivity contribution in [3.63, 3.8) is 0 Å². The molecule has 0 radical (unpaired) electrons. The van der Waals surface area contributed by atoms with Gasteiger partial charge >= 0.3 is 0 Å². The van der Waals surface area contributed by atoms with E-state index in [9.17, 15) is 4.79 Å². The van der Waals surface area contributed by atoms with E-state index in [0.717, 1.165) is 29.2 Å². The van der Waals surface area contributed by atoms with Crippen LogP contribution < -0.4 is 15.6 Å². The molecule has 8 nitrogen and oxygen atoms in total. The zero-order valence-electron chi connectivity index (χ0n) is 17.2. The number of anilines is 1. The third-order valence-corrected chi connectivity index (χ3v) is 6.24. The van der Waals surface area contributed by atoms with Crippen LogP contribution in [0.5, 0.6) is 5.88 Å². The van der Waals surface area contributed by atoms with Crippen LogP contribution in [0.1, 0.15) is 40.5 Å². The van der Waals surface area contributed by atoms with Crippen LogP contribution in [0.25, 0.3) is 0 Å². The highest BCUT2D eigenvalue weighted by atomic mass is 32.1. The van der Waals surface area contributed by atoms with Crippen molar-refractivity contribution < 1.29 is 4.74 Å². The first kappa shape index (κ1) is 19.6. The summed E-state index contributed by atoms with van der Waals surface area (Å²) in [6.45, 7) is 5.25. The highest BCUT2D eigenvalue weighted by Crippen LogP contribution is 2.46. The van der Waals surface area contributed by atoms with E-state index in [1.54, 1.807) is 24.5 Å². The third-order valence-electron chi connectivity index (χ3n) is 5.22. The predicted molar refractivity (Wildman–Crippen MR) is 113 cm³/mol. The lowest BCUT2D eigenvalue weighted by atomic mass is 10.2. The number of ether oxygens (including phenoxy) is 1. The Morgan fingerprint density at radius 3 is 2.86 bits per heavy atom. The molecule has 0 spiro atoms. The second-order valence-corrected chi connectivity index (χ2v) is 8.76. The average molecular weight is 415 g/mol. The fourth-order valence-corrected chi connectivity index (χ4v) is 4.42. The summed E-state index contributed by atoms with van der Waals surface area (Å²) in [5.41, 5.74) is 2.52. The lowest BCUT2D eigenvalue weighted by Crippen LogP contribution is -2.24. The molecule has 1 aliphatic carbocycles. The van der Waals surface area contributed by atoms with E-state index >= 15 is 0 Å². The molecule has 9 heteroatoms. The van der Waals surface area contributed by atoms with Gasteiger partial charge in [-0.2, -0.15) is 5.10 Å². The summed E-state index contributed by atoms with van der Waals surface area (Å²) in [6, 6.07) is 3.74. The number of hydrogen-bond donors (Lipinski definition) is 1. The average Bonchev–Trinajstić information content (AvgIpc) is 3.19. The number of rotatable bonds is 8. The second kappa shape index (κ2) is 7.98. The van der Waals surface area contributed by atoms with Crippen molar-refractivity contribution in [1.29, 1.82) is 0 Å². The maximum Gasteiger partial charge on any atom is 0.290 e. The van der Waals surface area contributed by atoms with Gasteiger partial charge < -0.3 is 10.1 Å². The van der Waals surface area contributed by atoms with Crippen LogP contribution in [0, 0.1) is 12.8 Å². The standard InChI is InChI=1S/C20H26N6O2S/c1-5-15-12(2)29-19(22-15)10-21-17-9-18(24-26(4)20(17)27)28-11-13-8-14(13)16-6-7-25(3)23-16/h6-7,9,13-14,21H,5,8,10-11H2,1-4H3/t13-,14+/m1/s1. The van der Waals surface area contributed by atoms with Gasteiger partial charge in [0.2, 0.25) is 5.88 Å². The van der Waals surface area contributed by atoms with Gasteiger partial charge in [-0.05, 0) is 25.8 Å². The van der Waals surface area contributed by atoms with Crippen molar-refractivity contribution >= 4 is 17.0 Å². The number of hydrogen-bond acceptors (Lipinski definition) is 7. The Morgan fingerprint density at radius 1 is 1.34 bits per heavy atom. The Kier molecular flexibility index (Phi) is 5.40. The van der Waals surface area contributed by atoms with Gasteiger partial charge in [0.15, 0.2) is 0 Å². The molecule has 1 fully saturated rings. The Bertz CT molecular complexity index is 1070. The smallest absolute Gasteiger partial charge is 0.290 e. The zero-order chi connectivity index (χ0) is 20.5. The van der Waals surface area contributed by atoms with E-state index in [1.165, 1.54) is 9.56 Å². The molecule has 0 aliphatic heterocycles. The zero-order valence-corrected chi connectivity index (χ0v) is 18.0. The van der Waals surface area contributed by atoms with Crippen LogP contribution in [-0.2, 0) is 27.1 Å². The largest absolute Gasteiger partial charge is 0.476 e. The lowest BCUT2D eigenvalue weighted by Gasteiger charge is -2.10. The molecule has 0 bridgehead atoms.